The molecule has 3 heteroatoms. The van der Waals surface area contributed by atoms with Gasteiger partial charge in [-0.2, -0.15) is 0 Å². The van der Waals surface area contributed by atoms with E-state index in [0.29, 0.717) is 11.0 Å². The molecule has 1 aliphatic carbocycles. The summed E-state index contributed by atoms with van der Waals surface area (Å²) < 4.78 is 0. The van der Waals surface area contributed by atoms with E-state index in [-0.39, 0.29) is 12.5 Å². The predicted octanol–water partition coefficient (Wildman–Crippen LogP) is 1.95. The molecular weight excluding hydrogens is 238 g/mol. The lowest BCUT2D eigenvalue weighted by Gasteiger charge is -2.13. The van der Waals surface area contributed by atoms with Gasteiger partial charge in [-0.05, 0) is 42.9 Å². The summed E-state index contributed by atoms with van der Waals surface area (Å²) in [5.41, 5.74) is 1.72. The van der Waals surface area contributed by atoms with Gasteiger partial charge in [0.1, 0.15) is 6.61 Å². The lowest BCUT2D eigenvalue weighted by atomic mass is 10.0. The Kier molecular flexibility index (Phi) is 4.24. The summed E-state index contributed by atoms with van der Waals surface area (Å²) in [6.45, 7) is 2.76. The Bertz CT molecular complexity index is 521. The van der Waals surface area contributed by atoms with Crippen LogP contribution in [0.2, 0.25) is 0 Å². The third kappa shape index (κ3) is 3.59. The van der Waals surface area contributed by atoms with Gasteiger partial charge in [-0.1, -0.05) is 24.8 Å². The van der Waals surface area contributed by atoms with E-state index in [9.17, 15) is 4.79 Å². The fourth-order valence-electron chi connectivity index (χ4n) is 2.08. The molecule has 2 rings (SSSR count). The summed E-state index contributed by atoms with van der Waals surface area (Å²) in [4.78, 5) is 12.1. The van der Waals surface area contributed by atoms with Gasteiger partial charge in [0.15, 0.2) is 0 Å². The highest BCUT2D eigenvalue weighted by molar-refractivity contribution is 5.94. The number of carbonyl (C=O) groups is 1. The van der Waals surface area contributed by atoms with Gasteiger partial charge in [0.2, 0.25) is 0 Å². The Morgan fingerprint density at radius 1 is 1.47 bits per heavy atom. The van der Waals surface area contributed by atoms with E-state index in [0.717, 1.165) is 18.5 Å². The van der Waals surface area contributed by atoms with Gasteiger partial charge < -0.3 is 10.4 Å². The molecule has 1 aromatic rings. The molecule has 0 spiro atoms. The molecule has 0 atom stereocenters. The van der Waals surface area contributed by atoms with Crippen LogP contribution in [0.5, 0.6) is 0 Å². The van der Waals surface area contributed by atoms with Crippen LogP contribution in [0, 0.1) is 17.3 Å². The molecule has 0 radical (unpaired) electrons. The fourth-order valence-corrected chi connectivity index (χ4v) is 2.08. The topological polar surface area (TPSA) is 49.3 Å². The lowest BCUT2D eigenvalue weighted by molar-refractivity contribution is 0.0944. The molecule has 0 aromatic heterocycles. The predicted molar refractivity (Wildman–Crippen MR) is 74.7 cm³/mol. The standard InChI is InChI=1S/C16H19NO2/c1-2-16(8-9-16)12-17-15(19)14-7-3-5-13(11-14)6-4-10-18/h3,5,7,11,18H,2,8-10,12H2,1H3,(H,17,19). The number of hydrogen-bond acceptors (Lipinski definition) is 2. The van der Waals surface area contributed by atoms with Crippen molar-refractivity contribution in [1.29, 1.82) is 0 Å². The monoisotopic (exact) mass is 257 g/mol. The highest BCUT2D eigenvalue weighted by Gasteiger charge is 2.40. The number of hydrogen-bond donors (Lipinski definition) is 2. The minimum atomic E-state index is -0.171. The molecular formula is C16H19NO2. The largest absolute Gasteiger partial charge is 0.384 e. The van der Waals surface area contributed by atoms with Crippen molar-refractivity contribution >= 4 is 5.91 Å². The highest BCUT2D eigenvalue weighted by Crippen LogP contribution is 2.47. The van der Waals surface area contributed by atoms with Crippen LogP contribution < -0.4 is 5.32 Å². The van der Waals surface area contributed by atoms with Gasteiger partial charge in [-0.15, -0.1) is 0 Å². The Hall–Kier alpha value is -1.79. The summed E-state index contributed by atoms with van der Waals surface area (Å²) in [5.74, 6) is 5.34. The van der Waals surface area contributed by atoms with E-state index in [2.05, 4.69) is 24.1 Å². The maximum atomic E-state index is 12.1. The van der Waals surface area contributed by atoms with Crippen LogP contribution in [0.4, 0.5) is 0 Å². The van der Waals surface area contributed by atoms with Crippen LogP contribution >= 0.6 is 0 Å². The first-order valence-corrected chi connectivity index (χ1v) is 6.67. The SMILES string of the molecule is CCC1(CNC(=O)c2cccc(C#CCO)c2)CC1. The fraction of sp³-hybridized carbons (Fsp3) is 0.438. The summed E-state index contributed by atoms with van der Waals surface area (Å²) in [7, 11) is 0. The van der Waals surface area contributed by atoms with Crippen molar-refractivity contribution in [3.05, 3.63) is 35.4 Å². The number of aliphatic hydroxyl groups is 1. The third-order valence-corrected chi connectivity index (χ3v) is 3.77. The van der Waals surface area contributed by atoms with Crippen molar-refractivity contribution < 1.29 is 9.90 Å². The minimum Gasteiger partial charge on any atom is -0.384 e. The second-order valence-corrected chi connectivity index (χ2v) is 5.08. The van der Waals surface area contributed by atoms with Crippen molar-refractivity contribution in [2.24, 2.45) is 5.41 Å². The molecule has 0 aliphatic heterocycles. The van der Waals surface area contributed by atoms with Crippen LogP contribution in [0.3, 0.4) is 0 Å². The first kappa shape index (κ1) is 13.6. The van der Waals surface area contributed by atoms with E-state index in [1.165, 1.54) is 12.8 Å². The van der Waals surface area contributed by atoms with Crippen LogP contribution in [0.25, 0.3) is 0 Å². The number of aliphatic hydroxyl groups excluding tert-OH is 1. The van der Waals surface area contributed by atoms with E-state index in [1.54, 1.807) is 12.1 Å². The van der Waals surface area contributed by atoms with Gasteiger partial charge >= 0.3 is 0 Å². The summed E-state index contributed by atoms with van der Waals surface area (Å²) >= 11 is 0. The molecule has 1 amide bonds. The third-order valence-electron chi connectivity index (χ3n) is 3.77. The first-order chi connectivity index (χ1) is 9.19. The number of rotatable bonds is 4. The van der Waals surface area contributed by atoms with Crippen molar-refractivity contribution in [2.75, 3.05) is 13.2 Å². The number of nitrogens with one attached hydrogen (secondary N) is 1. The highest BCUT2D eigenvalue weighted by atomic mass is 16.2. The Morgan fingerprint density at radius 3 is 2.89 bits per heavy atom. The second-order valence-electron chi connectivity index (χ2n) is 5.08. The summed E-state index contributed by atoms with van der Waals surface area (Å²) in [6, 6.07) is 7.17. The molecule has 2 N–H and O–H groups in total. The lowest BCUT2D eigenvalue weighted by Crippen LogP contribution is -2.29. The average Bonchev–Trinajstić information content (AvgIpc) is 3.23. The first-order valence-electron chi connectivity index (χ1n) is 6.67. The van der Waals surface area contributed by atoms with E-state index in [4.69, 9.17) is 5.11 Å². The molecule has 100 valence electrons. The van der Waals surface area contributed by atoms with Gasteiger partial charge in [0.05, 0.1) is 0 Å². The minimum absolute atomic E-state index is 0.0487. The normalized spacial score (nSPS) is 15.3. The van der Waals surface area contributed by atoms with E-state index >= 15 is 0 Å². The van der Waals surface area contributed by atoms with Gasteiger partial charge in [0.25, 0.3) is 5.91 Å². The molecule has 0 saturated heterocycles. The molecule has 0 unspecified atom stereocenters. The maximum Gasteiger partial charge on any atom is 0.251 e. The molecule has 1 aromatic carbocycles. The number of benzene rings is 1. The van der Waals surface area contributed by atoms with Crippen LogP contribution in [-0.2, 0) is 0 Å². The maximum absolute atomic E-state index is 12.1. The molecule has 1 saturated carbocycles. The van der Waals surface area contributed by atoms with Crippen molar-refractivity contribution in [3.8, 4) is 11.8 Å². The van der Waals surface area contributed by atoms with Crippen LogP contribution in [-0.4, -0.2) is 24.2 Å². The van der Waals surface area contributed by atoms with E-state index < -0.39 is 0 Å². The number of amides is 1. The Morgan fingerprint density at radius 2 is 2.26 bits per heavy atom. The quantitative estimate of drug-likeness (QED) is 0.810. The summed E-state index contributed by atoms with van der Waals surface area (Å²) in [5, 5.41) is 11.7. The van der Waals surface area contributed by atoms with Crippen LogP contribution in [0.1, 0.15) is 42.1 Å². The second kappa shape index (κ2) is 5.90. The zero-order valence-corrected chi connectivity index (χ0v) is 11.2. The Balaban J connectivity index is 1.98. The zero-order valence-electron chi connectivity index (χ0n) is 11.2. The van der Waals surface area contributed by atoms with Gasteiger partial charge in [0, 0.05) is 17.7 Å². The Labute approximate surface area is 114 Å². The molecule has 3 nitrogen and oxygen atoms in total. The zero-order chi connectivity index (χ0) is 13.7. The molecule has 0 bridgehead atoms. The van der Waals surface area contributed by atoms with Gasteiger partial charge in [-0.25, -0.2) is 0 Å². The molecule has 1 fully saturated rings. The van der Waals surface area contributed by atoms with Gasteiger partial charge in [-0.3, -0.25) is 4.79 Å². The summed E-state index contributed by atoms with van der Waals surface area (Å²) in [6.07, 6.45) is 3.55. The van der Waals surface area contributed by atoms with Crippen molar-refractivity contribution in [3.63, 3.8) is 0 Å². The van der Waals surface area contributed by atoms with Crippen molar-refractivity contribution in [2.45, 2.75) is 26.2 Å². The smallest absolute Gasteiger partial charge is 0.251 e. The van der Waals surface area contributed by atoms with Crippen molar-refractivity contribution in [1.82, 2.24) is 5.32 Å². The number of carbonyl (C=O) groups excluding carboxylic acids is 1. The van der Waals surface area contributed by atoms with E-state index in [1.807, 2.05) is 12.1 Å². The molecule has 19 heavy (non-hydrogen) atoms. The van der Waals surface area contributed by atoms with Crippen LogP contribution in [0.15, 0.2) is 24.3 Å². The average molecular weight is 257 g/mol. The molecule has 1 aliphatic rings. The molecule has 0 heterocycles.